The quantitative estimate of drug-likeness (QED) is 0.419. The Bertz CT molecular complexity index is 1050. The Morgan fingerprint density at radius 1 is 1.22 bits per heavy atom. The molecule has 1 atom stereocenters. The van der Waals surface area contributed by atoms with Crippen LogP contribution < -0.4 is 5.56 Å². The van der Waals surface area contributed by atoms with Crippen molar-refractivity contribution in [2.45, 2.75) is 45.2 Å². The molecule has 1 amide bonds. The van der Waals surface area contributed by atoms with Crippen molar-refractivity contribution >= 4 is 12.1 Å². The second-order valence-electron chi connectivity index (χ2n) is 8.35. The predicted octanol–water partition coefficient (Wildman–Crippen LogP) is 3.19. The van der Waals surface area contributed by atoms with Gasteiger partial charge in [-0.15, -0.1) is 0 Å². The number of carbonyl (C=O) groups is 1. The Balaban J connectivity index is 1.88. The van der Waals surface area contributed by atoms with Gasteiger partial charge in [-0.3, -0.25) is 14.5 Å². The molecule has 0 unspecified atom stereocenters. The number of halogens is 6. The molecule has 14 heteroatoms. The lowest BCUT2D eigenvalue weighted by Gasteiger charge is -2.36. The maximum Gasteiger partial charge on any atom is 0.421 e. The van der Waals surface area contributed by atoms with Gasteiger partial charge in [0.25, 0.3) is 5.56 Å². The average Bonchev–Trinajstić information content (AvgIpc) is 2.78. The molecule has 8 nitrogen and oxygen atoms in total. The zero-order chi connectivity index (χ0) is 27.3. The number of H-pyrrole nitrogens is 1. The van der Waals surface area contributed by atoms with Crippen molar-refractivity contribution in [3.63, 3.8) is 0 Å². The smallest absolute Gasteiger partial charge is 0.354 e. The molecule has 0 spiro atoms. The standard InChI is InChI=1S/C22H28F6N6O2/c1-5-16(21(23,24)25)12-29-15(3)33-6-8-34(9-7-33)19(35)10-14(2)32(4)13-17-11-18(22(26,27)28)20(36)31-30-17/h5,11-12,14H,3,6-10,13H2,1-2,4H3,(H,31,36)/b16-5+,29-12-/t14-/m0/s1. The molecule has 1 aromatic heterocycles. The van der Waals surface area contributed by atoms with Crippen molar-refractivity contribution in [2.24, 2.45) is 4.99 Å². The Hall–Kier alpha value is -3.16. The molecular weight excluding hydrogens is 494 g/mol. The number of aromatic nitrogens is 2. The number of hydrogen-bond donors (Lipinski definition) is 1. The van der Waals surface area contributed by atoms with Gasteiger partial charge >= 0.3 is 12.4 Å². The number of hydrogen-bond acceptors (Lipinski definition) is 6. The highest BCUT2D eigenvalue weighted by atomic mass is 19.4. The van der Waals surface area contributed by atoms with E-state index in [0.717, 1.165) is 6.08 Å². The molecule has 36 heavy (non-hydrogen) atoms. The summed E-state index contributed by atoms with van der Waals surface area (Å²) in [5, 5.41) is 5.49. The summed E-state index contributed by atoms with van der Waals surface area (Å²) in [7, 11) is 1.62. The second-order valence-corrected chi connectivity index (χ2v) is 8.35. The van der Waals surface area contributed by atoms with E-state index in [2.05, 4.69) is 16.7 Å². The van der Waals surface area contributed by atoms with Gasteiger partial charge in [0.1, 0.15) is 11.4 Å². The van der Waals surface area contributed by atoms with Gasteiger partial charge in [0.15, 0.2) is 0 Å². The van der Waals surface area contributed by atoms with Crippen LogP contribution in [-0.4, -0.2) is 82.5 Å². The van der Waals surface area contributed by atoms with E-state index < -0.39 is 29.0 Å². The summed E-state index contributed by atoms with van der Waals surface area (Å²) in [5.41, 5.74) is -3.55. The van der Waals surface area contributed by atoms with Crippen molar-refractivity contribution in [2.75, 3.05) is 33.2 Å². The van der Waals surface area contributed by atoms with Crippen LogP contribution in [0.25, 0.3) is 0 Å². The number of aliphatic imine (C=N–C) groups is 1. The number of carbonyl (C=O) groups excluding carboxylic acids is 1. The first-order valence-corrected chi connectivity index (χ1v) is 11.0. The predicted molar refractivity (Wildman–Crippen MR) is 121 cm³/mol. The normalized spacial score (nSPS) is 16.7. The summed E-state index contributed by atoms with van der Waals surface area (Å²) < 4.78 is 77.3. The van der Waals surface area contributed by atoms with E-state index in [4.69, 9.17) is 0 Å². The summed E-state index contributed by atoms with van der Waals surface area (Å²) in [5.74, 6) is -0.0211. The number of aromatic amines is 1. The summed E-state index contributed by atoms with van der Waals surface area (Å²) >= 11 is 0. The SMILES string of the molecule is C=C(/N=C\C(=C/C)C(F)(F)F)N1CCN(C(=O)C[C@H](C)N(C)Cc2cc(C(F)(F)F)c(=O)[nH]n2)CC1. The van der Waals surface area contributed by atoms with Gasteiger partial charge in [-0.2, -0.15) is 31.4 Å². The molecule has 0 saturated carbocycles. The molecule has 0 aromatic carbocycles. The third kappa shape index (κ3) is 7.93. The molecule has 0 bridgehead atoms. The number of nitrogens with zero attached hydrogens (tertiary/aromatic N) is 5. The van der Waals surface area contributed by atoms with Crippen molar-refractivity contribution in [1.29, 1.82) is 0 Å². The van der Waals surface area contributed by atoms with Gasteiger partial charge in [0.2, 0.25) is 5.91 Å². The van der Waals surface area contributed by atoms with Crippen molar-refractivity contribution in [3.05, 3.63) is 51.7 Å². The van der Waals surface area contributed by atoms with Gasteiger partial charge in [-0.25, -0.2) is 10.1 Å². The minimum Gasteiger partial charge on any atom is -0.354 e. The highest BCUT2D eigenvalue weighted by molar-refractivity contribution is 5.80. The van der Waals surface area contributed by atoms with Crippen molar-refractivity contribution in [3.8, 4) is 0 Å². The minimum absolute atomic E-state index is 0.00278. The molecular formula is C22H28F6N6O2. The average molecular weight is 522 g/mol. The molecule has 1 aliphatic heterocycles. The van der Waals surface area contributed by atoms with Crippen molar-refractivity contribution in [1.82, 2.24) is 24.9 Å². The van der Waals surface area contributed by atoms with Crippen LogP contribution in [0, 0.1) is 0 Å². The van der Waals surface area contributed by atoms with E-state index in [-0.39, 0.29) is 36.4 Å². The van der Waals surface area contributed by atoms with Crippen LogP contribution in [0.15, 0.2) is 39.9 Å². The van der Waals surface area contributed by atoms with Gasteiger partial charge in [-0.05, 0) is 27.0 Å². The van der Waals surface area contributed by atoms with Gasteiger partial charge in [0.05, 0.1) is 11.3 Å². The van der Waals surface area contributed by atoms with E-state index in [1.807, 2.05) is 5.10 Å². The lowest BCUT2D eigenvalue weighted by atomic mass is 10.1. The summed E-state index contributed by atoms with van der Waals surface area (Å²) in [6, 6.07) is 0.339. The number of rotatable bonds is 8. The molecule has 1 saturated heterocycles. The summed E-state index contributed by atoms with van der Waals surface area (Å²) in [6.07, 6.45) is -7.61. The maximum atomic E-state index is 12.9. The van der Waals surface area contributed by atoms with Crippen LogP contribution in [0.4, 0.5) is 26.3 Å². The molecule has 2 rings (SSSR count). The van der Waals surface area contributed by atoms with Crippen LogP contribution in [0.1, 0.15) is 31.5 Å². The summed E-state index contributed by atoms with van der Waals surface area (Å²) in [6.45, 7) is 7.98. The fourth-order valence-electron chi connectivity index (χ4n) is 3.44. The number of allylic oxidation sites excluding steroid dienone is 2. The first-order chi connectivity index (χ1) is 16.6. The van der Waals surface area contributed by atoms with Gasteiger partial charge < -0.3 is 9.80 Å². The van der Waals surface area contributed by atoms with E-state index >= 15 is 0 Å². The zero-order valence-corrected chi connectivity index (χ0v) is 20.1. The van der Waals surface area contributed by atoms with E-state index in [9.17, 15) is 35.9 Å². The molecule has 1 aliphatic rings. The molecule has 1 fully saturated rings. The van der Waals surface area contributed by atoms with Crippen LogP contribution >= 0.6 is 0 Å². The lowest BCUT2D eigenvalue weighted by Crippen LogP contribution is -2.49. The lowest BCUT2D eigenvalue weighted by molar-refractivity contribution is -0.139. The largest absolute Gasteiger partial charge is 0.421 e. The number of piperazine rings is 1. The van der Waals surface area contributed by atoms with Gasteiger partial charge in [0, 0.05) is 51.4 Å². The molecule has 0 aliphatic carbocycles. The summed E-state index contributed by atoms with van der Waals surface area (Å²) in [4.78, 5) is 32.8. The zero-order valence-electron chi connectivity index (χ0n) is 20.1. The van der Waals surface area contributed by atoms with E-state index in [0.29, 0.717) is 38.5 Å². The number of alkyl halides is 6. The fraction of sp³-hybridized carbons (Fsp3) is 0.545. The molecule has 2 heterocycles. The Labute approximate surface area is 204 Å². The monoisotopic (exact) mass is 522 g/mol. The Morgan fingerprint density at radius 2 is 1.81 bits per heavy atom. The highest BCUT2D eigenvalue weighted by Gasteiger charge is 2.35. The maximum absolute atomic E-state index is 12.9. The number of nitrogens with one attached hydrogen (secondary N) is 1. The van der Waals surface area contributed by atoms with Crippen LogP contribution in [0.2, 0.25) is 0 Å². The Morgan fingerprint density at radius 3 is 2.33 bits per heavy atom. The third-order valence-corrected chi connectivity index (χ3v) is 5.78. The van der Waals surface area contributed by atoms with Gasteiger partial charge in [-0.1, -0.05) is 12.7 Å². The first-order valence-electron chi connectivity index (χ1n) is 11.0. The van der Waals surface area contributed by atoms with Crippen molar-refractivity contribution < 1.29 is 31.1 Å². The minimum atomic E-state index is -4.81. The number of amides is 1. The Kier molecular flexibility index (Phi) is 9.46. The fourth-order valence-corrected chi connectivity index (χ4v) is 3.44. The first kappa shape index (κ1) is 29.1. The highest BCUT2D eigenvalue weighted by Crippen LogP contribution is 2.27. The molecule has 1 aromatic rings. The van der Waals surface area contributed by atoms with Crippen LogP contribution in [0.5, 0.6) is 0 Å². The molecule has 0 radical (unpaired) electrons. The topological polar surface area (TPSA) is 84.9 Å². The molecule has 200 valence electrons. The molecule has 1 N–H and O–H groups in total. The third-order valence-electron chi connectivity index (χ3n) is 5.78. The second kappa shape index (κ2) is 11.7. The van der Waals surface area contributed by atoms with Crippen LogP contribution in [-0.2, 0) is 17.5 Å². The van der Waals surface area contributed by atoms with E-state index in [1.165, 1.54) is 6.92 Å². The van der Waals surface area contributed by atoms with E-state index in [1.54, 1.807) is 28.7 Å². The van der Waals surface area contributed by atoms with Crippen LogP contribution in [0.3, 0.4) is 0 Å².